The van der Waals surface area contributed by atoms with Crippen molar-refractivity contribution in [3.63, 3.8) is 0 Å². The van der Waals surface area contributed by atoms with Crippen LogP contribution in [0.25, 0.3) is 21.9 Å². The zero-order valence-corrected chi connectivity index (χ0v) is 18.5. The SMILES string of the molecule is Cc1c(C)c2ccc(OCC(=O)N[C@@H](Cc3c[nH]c4ccccc34)C(=O)[O-])c(C)c2oc1=O. The first-order valence-electron chi connectivity index (χ1n) is 10.5. The molecule has 1 amide bonds. The number of fused-ring (bicyclic) bond motifs is 2. The van der Waals surface area contributed by atoms with Gasteiger partial charge in [0, 0.05) is 40.0 Å². The van der Waals surface area contributed by atoms with Gasteiger partial charge in [0.2, 0.25) is 0 Å². The van der Waals surface area contributed by atoms with Crippen molar-refractivity contribution in [3.8, 4) is 5.75 Å². The van der Waals surface area contributed by atoms with Crippen LogP contribution < -0.4 is 20.8 Å². The molecule has 1 atom stereocenters. The second-order valence-electron chi connectivity index (χ2n) is 8.00. The number of aromatic nitrogens is 1. The zero-order valence-electron chi connectivity index (χ0n) is 18.5. The van der Waals surface area contributed by atoms with Gasteiger partial charge < -0.3 is 29.4 Å². The lowest BCUT2D eigenvalue weighted by molar-refractivity contribution is -0.308. The topological polar surface area (TPSA) is 124 Å². The van der Waals surface area contributed by atoms with Gasteiger partial charge in [-0.05, 0) is 50.1 Å². The number of carboxylic acids is 1. The van der Waals surface area contributed by atoms with Crippen LogP contribution in [0.1, 0.15) is 22.3 Å². The van der Waals surface area contributed by atoms with Crippen molar-refractivity contribution in [1.82, 2.24) is 10.3 Å². The smallest absolute Gasteiger partial charge is 0.339 e. The summed E-state index contributed by atoms with van der Waals surface area (Å²) in [5.74, 6) is -1.63. The van der Waals surface area contributed by atoms with Crippen LogP contribution >= 0.6 is 0 Å². The number of hydrogen-bond acceptors (Lipinski definition) is 6. The summed E-state index contributed by atoms with van der Waals surface area (Å²) < 4.78 is 11.0. The van der Waals surface area contributed by atoms with E-state index in [4.69, 9.17) is 9.15 Å². The van der Waals surface area contributed by atoms with Gasteiger partial charge in [-0.3, -0.25) is 4.79 Å². The molecule has 0 spiro atoms. The highest BCUT2D eigenvalue weighted by Crippen LogP contribution is 2.29. The Morgan fingerprint density at radius 1 is 1.06 bits per heavy atom. The van der Waals surface area contributed by atoms with Gasteiger partial charge in [-0.15, -0.1) is 0 Å². The molecule has 0 radical (unpaired) electrons. The van der Waals surface area contributed by atoms with Gasteiger partial charge in [0.25, 0.3) is 5.91 Å². The Balaban J connectivity index is 1.47. The normalized spacial score (nSPS) is 12.1. The van der Waals surface area contributed by atoms with Crippen molar-refractivity contribution >= 4 is 33.7 Å². The summed E-state index contributed by atoms with van der Waals surface area (Å²) in [6.07, 6.45) is 1.79. The fraction of sp³-hybridized carbons (Fsp3) is 0.240. The Labute approximate surface area is 189 Å². The lowest BCUT2D eigenvalue weighted by Crippen LogP contribution is -2.50. The molecule has 8 heteroatoms. The van der Waals surface area contributed by atoms with E-state index in [1.165, 1.54) is 0 Å². The summed E-state index contributed by atoms with van der Waals surface area (Å²) in [6.45, 7) is 4.87. The number of aryl methyl sites for hydroxylation is 2. The van der Waals surface area contributed by atoms with Gasteiger partial charge in [0.1, 0.15) is 11.3 Å². The number of aromatic amines is 1. The third kappa shape index (κ3) is 4.32. The molecule has 0 aliphatic heterocycles. The molecule has 0 fully saturated rings. The number of carbonyl (C=O) groups is 2. The van der Waals surface area contributed by atoms with Crippen LogP contribution in [0.4, 0.5) is 0 Å². The molecule has 2 N–H and O–H groups in total. The standard InChI is InChI=1S/C25H24N2O6/c1-13-14(2)25(31)33-23-15(3)21(9-8-17(13)23)32-12-22(28)27-20(24(29)30)10-16-11-26-19-7-5-4-6-18(16)19/h4-9,11,20,26H,10,12H2,1-3H3,(H,27,28)(H,29,30)/p-1/t20-/m0/s1. The van der Waals surface area contributed by atoms with Crippen molar-refractivity contribution < 1.29 is 23.8 Å². The average Bonchev–Trinajstić information content (AvgIpc) is 3.20. The van der Waals surface area contributed by atoms with E-state index in [0.29, 0.717) is 22.5 Å². The molecule has 33 heavy (non-hydrogen) atoms. The van der Waals surface area contributed by atoms with E-state index >= 15 is 0 Å². The van der Waals surface area contributed by atoms with Gasteiger partial charge >= 0.3 is 5.63 Å². The van der Waals surface area contributed by atoms with E-state index in [-0.39, 0.29) is 6.42 Å². The maximum Gasteiger partial charge on any atom is 0.339 e. The monoisotopic (exact) mass is 447 g/mol. The number of carbonyl (C=O) groups excluding carboxylic acids is 2. The van der Waals surface area contributed by atoms with Crippen molar-refractivity contribution in [2.45, 2.75) is 33.2 Å². The molecule has 2 aromatic carbocycles. The minimum absolute atomic E-state index is 0.0663. The zero-order chi connectivity index (χ0) is 23.7. The minimum atomic E-state index is -1.39. The highest BCUT2D eigenvalue weighted by atomic mass is 16.5. The lowest BCUT2D eigenvalue weighted by Gasteiger charge is -2.20. The fourth-order valence-corrected chi connectivity index (χ4v) is 3.87. The quantitative estimate of drug-likeness (QED) is 0.418. The third-order valence-corrected chi connectivity index (χ3v) is 5.90. The van der Waals surface area contributed by atoms with Crippen LogP contribution in [0.15, 0.2) is 51.8 Å². The summed E-state index contributed by atoms with van der Waals surface area (Å²) in [6, 6.07) is 9.73. The number of carboxylic acid groups (broad SMARTS) is 1. The van der Waals surface area contributed by atoms with E-state index in [2.05, 4.69) is 10.3 Å². The Bertz CT molecular complexity index is 1430. The molecule has 0 unspecified atom stereocenters. The first-order chi connectivity index (χ1) is 15.8. The van der Waals surface area contributed by atoms with Crippen molar-refractivity contribution in [2.75, 3.05) is 6.61 Å². The number of ether oxygens (including phenoxy) is 1. The Morgan fingerprint density at radius 3 is 2.58 bits per heavy atom. The molecular formula is C25H23N2O6-. The number of rotatable bonds is 7. The van der Waals surface area contributed by atoms with Crippen LogP contribution in [0, 0.1) is 20.8 Å². The Hall–Kier alpha value is -4.07. The maximum absolute atomic E-state index is 12.4. The van der Waals surface area contributed by atoms with Crippen LogP contribution in [0.2, 0.25) is 0 Å². The molecule has 4 aromatic rings. The van der Waals surface area contributed by atoms with E-state index in [1.807, 2.05) is 31.2 Å². The largest absolute Gasteiger partial charge is 0.548 e. The first-order valence-corrected chi connectivity index (χ1v) is 10.5. The van der Waals surface area contributed by atoms with Crippen molar-refractivity contribution in [2.24, 2.45) is 0 Å². The summed E-state index contributed by atoms with van der Waals surface area (Å²) in [7, 11) is 0. The molecule has 2 heterocycles. The minimum Gasteiger partial charge on any atom is -0.548 e. The van der Waals surface area contributed by atoms with Crippen LogP contribution in [0.5, 0.6) is 5.75 Å². The van der Waals surface area contributed by atoms with E-state index in [1.54, 1.807) is 32.2 Å². The van der Waals surface area contributed by atoms with E-state index < -0.39 is 30.2 Å². The first kappa shape index (κ1) is 22.1. The number of para-hydroxylation sites is 1. The highest BCUT2D eigenvalue weighted by Gasteiger charge is 2.18. The number of nitrogens with one attached hydrogen (secondary N) is 2. The highest BCUT2D eigenvalue weighted by molar-refractivity contribution is 5.87. The lowest BCUT2D eigenvalue weighted by atomic mass is 10.0. The summed E-state index contributed by atoms with van der Waals surface area (Å²) in [4.78, 5) is 39.2. The maximum atomic E-state index is 12.4. The van der Waals surface area contributed by atoms with Gasteiger partial charge in [-0.1, -0.05) is 18.2 Å². The molecule has 170 valence electrons. The predicted molar refractivity (Wildman–Crippen MR) is 121 cm³/mol. The van der Waals surface area contributed by atoms with Gasteiger partial charge in [-0.25, -0.2) is 4.79 Å². The van der Waals surface area contributed by atoms with Crippen LogP contribution in [-0.4, -0.2) is 29.5 Å². The summed E-state index contributed by atoms with van der Waals surface area (Å²) >= 11 is 0. The van der Waals surface area contributed by atoms with Crippen LogP contribution in [-0.2, 0) is 16.0 Å². The second-order valence-corrected chi connectivity index (χ2v) is 8.00. The number of H-pyrrole nitrogens is 1. The molecular weight excluding hydrogens is 424 g/mol. The van der Waals surface area contributed by atoms with Crippen LogP contribution in [0.3, 0.4) is 0 Å². The van der Waals surface area contributed by atoms with Crippen molar-refractivity contribution in [1.29, 1.82) is 0 Å². The predicted octanol–water partition coefficient (Wildman–Crippen LogP) is 2.06. The van der Waals surface area contributed by atoms with E-state index in [9.17, 15) is 19.5 Å². The molecule has 2 aromatic heterocycles. The third-order valence-electron chi connectivity index (χ3n) is 5.90. The Morgan fingerprint density at radius 2 is 1.82 bits per heavy atom. The van der Waals surface area contributed by atoms with Gasteiger partial charge in [0.05, 0.1) is 12.0 Å². The molecule has 0 saturated carbocycles. The van der Waals surface area contributed by atoms with E-state index in [0.717, 1.165) is 27.4 Å². The number of hydrogen-bond donors (Lipinski definition) is 2. The summed E-state index contributed by atoms with van der Waals surface area (Å²) in [5, 5.41) is 15.8. The number of benzene rings is 2. The van der Waals surface area contributed by atoms with Crippen molar-refractivity contribution in [3.05, 3.63) is 75.3 Å². The average molecular weight is 447 g/mol. The second kappa shape index (κ2) is 8.82. The van der Waals surface area contributed by atoms with Gasteiger partial charge in [-0.2, -0.15) is 0 Å². The molecule has 4 rings (SSSR count). The molecule has 0 saturated heterocycles. The molecule has 0 bridgehead atoms. The summed E-state index contributed by atoms with van der Waals surface area (Å²) in [5.41, 5.74) is 3.55. The fourth-order valence-electron chi connectivity index (χ4n) is 3.87. The number of amides is 1. The Kier molecular flexibility index (Phi) is 5.91. The number of aliphatic carboxylic acids is 1. The molecule has 0 aliphatic carbocycles. The molecule has 8 nitrogen and oxygen atoms in total. The van der Waals surface area contributed by atoms with Gasteiger partial charge in [0.15, 0.2) is 6.61 Å². The molecule has 0 aliphatic rings.